The lowest BCUT2D eigenvalue weighted by Gasteiger charge is -1.99. The first-order valence-electron chi connectivity index (χ1n) is 3.51. The van der Waals surface area contributed by atoms with Gasteiger partial charge in [-0.05, 0) is 24.2 Å². The number of rotatable bonds is 3. The number of halogens is 2. The monoisotopic (exact) mass is 207 g/mol. The van der Waals surface area contributed by atoms with Crippen molar-refractivity contribution in [3.63, 3.8) is 0 Å². The van der Waals surface area contributed by atoms with E-state index in [1.807, 2.05) is 13.0 Å². The lowest BCUT2D eigenvalue weighted by Crippen LogP contribution is -2.12. The summed E-state index contributed by atoms with van der Waals surface area (Å²) >= 11 is 5.57. The zero-order valence-electron chi connectivity index (χ0n) is 6.75. The fraction of sp³-hybridized carbons (Fsp3) is 0.429. The summed E-state index contributed by atoms with van der Waals surface area (Å²) in [6.07, 6.45) is 1.65. The molecule has 1 aromatic heterocycles. The predicted octanol–water partition coefficient (Wildman–Crippen LogP) is 1.66. The Hall–Kier alpha value is -0.380. The summed E-state index contributed by atoms with van der Waals surface area (Å²) in [6.45, 7) is 3.73. The average Bonchev–Trinajstić information content (AvgIpc) is 2.01. The molecule has 5 heteroatoms. The minimum absolute atomic E-state index is 0. The van der Waals surface area contributed by atoms with Crippen LogP contribution >= 0.6 is 24.0 Å². The molecule has 0 unspecified atom stereocenters. The van der Waals surface area contributed by atoms with Crippen LogP contribution in [0.1, 0.15) is 12.6 Å². The van der Waals surface area contributed by atoms with Crippen LogP contribution in [-0.2, 0) is 6.54 Å². The van der Waals surface area contributed by atoms with E-state index in [0.717, 1.165) is 18.8 Å². The molecule has 0 spiro atoms. The van der Waals surface area contributed by atoms with Crippen LogP contribution in [0.3, 0.4) is 0 Å². The number of aromatic nitrogens is 2. The van der Waals surface area contributed by atoms with Crippen molar-refractivity contribution in [1.82, 2.24) is 15.3 Å². The average molecular weight is 208 g/mol. The highest BCUT2D eigenvalue weighted by Crippen LogP contribution is 1.99. The van der Waals surface area contributed by atoms with Crippen molar-refractivity contribution in [1.29, 1.82) is 0 Å². The van der Waals surface area contributed by atoms with Crippen molar-refractivity contribution in [3.05, 3.63) is 23.2 Å². The Morgan fingerprint density at radius 1 is 1.58 bits per heavy atom. The summed E-state index contributed by atoms with van der Waals surface area (Å²) in [5, 5.41) is 3.45. The van der Waals surface area contributed by atoms with Crippen molar-refractivity contribution < 1.29 is 0 Å². The predicted molar refractivity (Wildman–Crippen MR) is 51.7 cm³/mol. The highest BCUT2D eigenvalue weighted by Gasteiger charge is 1.93. The van der Waals surface area contributed by atoms with Gasteiger partial charge in [0.05, 0.1) is 5.69 Å². The first-order valence-corrected chi connectivity index (χ1v) is 3.89. The Balaban J connectivity index is 0.00000121. The number of hydrogen-bond acceptors (Lipinski definition) is 3. The van der Waals surface area contributed by atoms with Crippen LogP contribution in [-0.4, -0.2) is 16.5 Å². The standard InChI is InChI=1S/C7H10ClN3.ClH/c1-2-9-5-6-3-4-10-7(8)11-6;/h3-4,9H,2,5H2,1H3;1H. The molecular formula is C7H11Cl2N3. The Morgan fingerprint density at radius 3 is 2.92 bits per heavy atom. The van der Waals surface area contributed by atoms with Gasteiger partial charge in [0.2, 0.25) is 5.28 Å². The molecule has 1 rings (SSSR count). The Morgan fingerprint density at radius 2 is 2.33 bits per heavy atom. The number of nitrogens with one attached hydrogen (secondary N) is 1. The third kappa shape index (κ3) is 3.85. The van der Waals surface area contributed by atoms with Crippen LogP contribution in [0.15, 0.2) is 12.3 Å². The van der Waals surface area contributed by atoms with Gasteiger partial charge in [-0.15, -0.1) is 12.4 Å². The first kappa shape index (κ1) is 11.6. The molecule has 0 aliphatic heterocycles. The van der Waals surface area contributed by atoms with E-state index < -0.39 is 0 Å². The van der Waals surface area contributed by atoms with Gasteiger partial charge in [0, 0.05) is 12.7 Å². The van der Waals surface area contributed by atoms with Crippen LogP contribution in [0, 0.1) is 0 Å². The molecule has 0 fully saturated rings. The fourth-order valence-electron chi connectivity index (χ4n) is 0.721. The van der Waals surface area contributed by atoms with Crippen molar-refractivity contribution >= 4 is 24.0 Å². The second kappa shape index (κ2) is 6.17. The summed E-state index contributed by atoms with van der Waals surface area (Å²) in [5.74, 6) is 0. The smallest absolute Gasteiger partial charge is 0.222 e. The van der Waals surface area contributed by atoms with Gasteiger partial charge in [-0.2, -0.15) is 0 Å². The van der Waals surface area contributed by atoms with E-state index in [1.165, 1.54) is 0 Å². The van der Waals surface area contributed by atoms with E-state index in [4.69, 9.17) is 11.6 Å². The van der Waals surface area contributed by atoms with Crippen molar-refractivity contribution in [2.24, 2.45) is 0 Å². The highest BCUT2D eigenvalue weighted by molar-refractivity contribution is 6.28. The summed E-state index contributed by atoms with van der Waals surface area (Å²) < 4.78 is 0. The molecule has 68 valence electrons. The summed E-state index contributed by atoms with van der Waals surface area (Å²) in [6, 6.07) is 1.84. The Kier molecular flexibility index (Phi) is 5.98. The fourth-order valence-corrected chi connectivity index (χ4v) is 0.886. The molecule has 12 heavy (non-hydrogen) atoms. The molecule has 0 atom stereocenters. The summed E-state index contributed by atoms with van der Waals surface area (Å²) in [4.78, 5) is 7.78. The van der Waals surface area contributed by atoms with Gasteiger partial charge >= 0.3 is 0 Å². The third-order valence-electron chi connectivity index (χ3n) is 1.24. The van der Waals surface area contributed by atoms with E-state index in [9.17, 15) is 0 Å². The van der Waals surface area contributed by atoms with Crippen LogP contribution in [0.4, 0.5) is 0 Å². The van der Waals surface area contributed by atoms with Gasteiger partial charge in [-0.1, -0.05) is 6.92 Å². The molecule has 1 aromatic rings. The second-order valence-electron chi connectivity index (χ2n) is 2.10. The maximum Gasteiger partial charge on any atom is 0.222 e. The van der Waals surface area contributed by atoms with E-state index in [0.29, 0.717) is 5.28 Å². The highest BCUT2D eigenvalue weighted by atomic mass is 35.5. The van der Waals surface area contributed by atoms with Gasteiger partial charge in [0.15, 0.2) is 0 Å². The van der Waals surface area contributed by atoms with Crippen LogP contribution in [0.25, 0.3) is 0 Å². The van der Waals surface area contributed by atoms with Crippen LogP contribution in [0.2, 0.25) is 5.28 Å². The maximum absolute atomic E-state index is 5.57. The molecule has 1 N–H and O–H groups in total. The summed E-state index contributed by atoms with van der Waals surface area (Å²) in [7, 11) is 0. The van der Waals surface area contributed by atoms with Crippen LogP contribution < -0.4 is 5.32 Å². The zero-order chi connectivity index (χ0) is 8.10. The lowest BCUT2D eigenvalue weighted by atomic mass is 10.4. The van der Waals surface area contributed by atoms with E-state index in [1.54, 1.807) is 6.20 Å². The van der Waals surface area contributed by atoms with Gasteiger partial charge in [0.25, 0.3) is 0 Å². The van der Waals surface area contributed by atoms with Gasteiger partial charge in [-0.25, -0.2) is 9.97 Å². The van der Waals surface area contributed by atoms with Crippen molar-refractivity contribution in [3.8, 4) is 0 Å². The van der Waals surface area contributed by atoms with Gasteiger partial charge < -0.3 is 5.32 Å². The molecule has 0 aromatic carbocycles. The van der Waals surface area contributed by atoms with Crippen LogP contribution in [0.5, 0.6) is 0 Å². The van der Waals surface area contributed by atoms with Gasteiger partial charge in [0.1, 0.15) is 0 Å². The molecule has 0 aliphatic rings. The molecule has 0 radical (unpaired) electrons. The minimum Gasteiger partial charge on any atom is -0.311 e. The van der Waals surface area contributed by atoms with E-state index in [-0.39, 0.29) is 12.4 Å². The maximum atomic E-state index is 5.57. The van der Waals surface area contributed by atoms with E-state index >= 15 is 0 Å². The largest absolute Gasteiger partial charge is 0.311 e. The molecule has 0 aliphatic carbocycles. The zero-order valence-corrected chi connectivity index (χ0v) is 8.32. The van der Waals surface area contributed by atoms with Gasteiger partial charge in [-0.3, -0.25) is 0 Å². The number of hydrogen-bond donors (Lipinski definition) is 1. The normalized spacial score (nSPS) is 9.17. The summed E-state index contributed by atoms with van der Waals surface area (Å²) in [5.41, 5.74) is 0.923. The number of nitrogens with zero attached hydrogens (tertiary/aromatic N) is 2. The molecule has 0 saturated heterocycles. The van der Waals surface area contributed by atoms with Crippen molar-refractivity contribution in [2.75, 3.05) is 6.54 Å². The third-order valence-corrected chi connectivity index (χ3v) is 1.42. The van der Waals surface area contributed by atoms with Crippen molar-refractivity contribution in [2.45, 2.75) is 13.5 Å². The quantitative estimate of drug-likeness (QED) is 0.767. The molecule has 1 heterocycles. The molecule has 3 nitrogen and oxygen atoms in total. The lowest BCUT2D eigenvalue weighted by molar-refractivity contribution is 0.708. The SMILES string of the molecule is CCNCc1ccnc(Cl)n1.Cl. The van der Waals surface area contributed by atoms with E-state index in [2.05, 4.69) is 15.3 Å². The molecular weight excluding hydrogens is 197 g/mol. The minimum atomic E-state index is 0. The Bertz CT molecular complexity index is 230. The second-order valence-corrected chi connectivity index (χ2v) is 2.44. The first-order chi connectivity index (χ1) is 5.33. The Labute approximate surface area is 83.0 Å². The molecule has 0 amide bonds. The molecule has 0 saturated carbocycles. The topological polar surface area (TPSA) is 37.8 Å². The molecule has 0 bridgehead atoms.